The fourth-order valence-electron chi connectivity index (χ4n) is 6.79. The number of nitrogens with zero attached hydrogens (tertiary/aromatic N) is 6. The molecule has 3 fully saturated rings. The van der Waals surface area contributed by atoms with Crippen molar-refractivity contribution in [3.63, 3.8) is 0 Å². The molecule has 1 aromatic heterocycles. The van der Waals surface area contributed by atoms with Crippen LogP contribution in [0.2, 0.25) is 0 Å². The number of anilines is 1. The molecule has 1 aromatic carbocycles. The molecule has 0 atom stereocenters. The lowest BCUT2D eigenvalue weighted by molar-refractivity contribution is 0.0542. The Morgan fingerprint density at radius 2 is 1.60 bits per heavy atom. The molecule has 3 aliphatic rings. The fourth-order valence-corrected chi connectivity index (χ4v) is 7.55. The molecule has 5 rings (SSSR count). The fraction of sp³-hybridized carbons (Fsp3) is 0.633. The monoisotopic (exact) mass is 568 g/mol. The lowest BCUT2D eigenvalue weighted by Gasteiger charge is -2.43. The Morgan fingerprint density at radius 3 is 2.23 bits per heavy atom. The Kier molecular flexibility index (Phi) is 8.78. The van der Waals surface area contributed by atoms with Gasteiger partial charge in [0.25, 0.3) is 5.91 Å². The lowest BCUT2D eigenvalue weighted by atomic mass is 9.88. The Balaban J connectivity index is 1.15. The summed E-state index contributed by atoms with van der Waals surface area (Å²) >= 11 is 0. The number of carbonyl (C=O) groups excluding carboxylic acids is 1. The van der Waals surface area contributed by atoms with Crippen molar-refractivity contribution >= 4 is 21.7 Å². The summed E-state index contributed by atoms with van der Waals surface area (Å²) in [4.78, 5) is 29.4. The number of piperidine rings is 3. The van der Waals surface area contributed by atoms with Gasteiger partial charge in [-0.15, -0.1) is 0 Å². The molecule has 3 saturated heterocycles. The molecule has 1 amide bonds. The van der Waals surface area contributed by atoms with Gasteiger partial charge in [-0.3, -0.25) is 4.79 Å². The molecule has 218 valence electrons. The first-order valence-electron chi connectivity index (χ1n) is 14.7. The maximum absolute atomic E-state index is 13.6. The van der Waals surface area contributed by atoms with Crippen molar-refractivity contribution in [2.45, 2.75) is 70.4 Å². The number of hydrogen-bond donors (Lipinski definition) is 0. The van der Waals surface area contributed by atoms with E-state index < -0.39 is 10.0 Å². The Bertz CT molecular complexity index is 1290. The predicted molar refractivity (Wildman–Crippen MR) is 158 cm³/mol. The van der Waals surface area contributed by atoms with Crippen molar-refractivity contribution in [2.24, 2.45) is 0 Å². The predicted octanol–water partition coefficient (Wildman–Crippen LogP) is 3.44. The van der Waals surface area contributed by atoms with Crippen molar-refractivity contribution in [1.29, 1.82) is 0 Å². The van der Waals surface area contributed by atoms with E-state index in [4.69, 9.17) is 0 Å². The molecule has 0 N–H and O–H groups in total. The summed E-state index contributed by atoms with van der Waals surface area (Å²) in [5.74, 6) is 1.45. The largest absolute Gasteiger partial charge is 0.356 e. The zero-order valence-electron chi connectivity index (χ0n) is 24.4. The minimum absolute atomic E-state index is 0.00253. The zero-order chi connectivity index (χ0) is 28.4. The van der Waals surface area contributed by atoms with E-state index in [1.807, 2.05) is 11.8 Å². The number of rotatable bonds is 6. The molecule has 2 aromatic rings. The van der Waals surface area contributed by atoms with Crippen molar-refractivity contribution in [3.05, 3.63) is 53.0 Å². The molecule has 10 heteroatoms. The summed E-state index contributed by atoms with van der Waals surface area (Å²) in [5, 5.41) is 0. The molecule has 40 heavy (non-hydrogen) atoms. The van der Waals surface area contributed by atoms with Crippen LogP contribution in [0.15, 0.2) is 30.6 Å². The summed E-state index contributed by atoms with van der Waals surface area (Å²) < 4.78 is 25.3. The first kappa shape index (κ1) is 29.0. The molecule has 3 aliphatic heterocycles. The van der Waals surface area contributed by atoms with Crippen LogP contribution in [0, 0.1) is 13.8 Å². The zero-order valence-corrected chi connectivity index (χ0v) is 25.2. The van der Waals surface area contributed by atoms with Gasteiger partial charge in [-0.1, -0.05) is 29.8 Å². The highest BCUT2D eigenvalue weighted by Crippen LogP contribution is 2.32. The van der Waals surface area contributed by atoms with Gasteiger partial charge in [0.05, 0.1) is 6.26 Å². The van der Waals surface area contributed by atoms with Gasteiger partial charge >= 0.3 is 0 Å². The highest BCUT2D eigenvalue weighted by molar-refractivity contribution is 7.88. The van der Waals surface area contributed by atoms with Gasteiger partial charge < -0.3 is 14.7 Å². The maximum atomic E-state index is 13.6. The van der Waals surface area contributed by atoms with E-state index in [1.54, 1.807) is 13.4 Å². The molecule has 9 nitrogen and oxygen atoms in total. The van der Waals surface area contributed by atoms with Gasteiger partial charge in [-0.05, 0) is 76.9 Å². The number of sulfonamides is 1. The molecule has 0 radical (unpaired) electrons. The van der Waals surface area contributed by atoms with Crippen LogP contribution in [0.25, 0.3) is 0 Å². The Morgan fingerprint density at radius 1 is 0.925 bits per heavy atom. The van der Waals surface area contributed by atoms with Crippen molar-refractivity contribution in [2.75, 3.05) is 57.5 Å². The number of amides is 1. The van der Waals surface area contributed by atoms with E-state index in [2.05, 4.69) is 51.0 Å². The highest BCUT2D eigenvalue weighted by atomic mass is 32.2. The second kappa shape index (κ2) is 12.1. The second-order valence-electron chi connectivity index (χ2n) is 11.9. The van der Waals surface area contributed by atoms with Gasteiger partial charge in [0.2, 0.25) is 10.0 Å². The summed E-state index contributed by atoms with van der Waals surface area (Å²) in [6, 6.07) is 9.35. The smallest absolute Gasteiger partial charge is 0.272 e. The second-order valence-corrected chi connectivity index (χ2v) is 14.0. The Labute approximate surface area is 239 Å². The molecule has 0 aliphatic carbocycles. The molecular weight excluding hydrogens is 524 g/mol. The average Bonchev–Trinajstić information content (AvgIpc) is 2.96. The minimum atomic E-state index is -3.16. The molecular formula is C30H44N6O3S. The van der Waals surface area contributed by atoms with Crippen LogP contribution in [0.4, 0.5) is 5.82 Å². The van der Waals surface area contributed by atoms with E-state index in [-0.39, 0.29) is 11.9 Å². The number of aromatic nitrogens is 2. The highest BCUT2D eigenvalue weighted by Gasteiger charge is 2.33. The van der Waals surface area contributed by atoms with Crippen LogP contribution in [-0.2, 0) is 10.0 Å². The van der Waals surface area contributed by atoms with Crippen LogP contribution >= 0.6 is 0 Å². The van der Waals surface area contributed by atoms with Crippen molar-refractivity contribution < 1.29 is 13.2 Å². The third-order valence-corrected chi connectivity index (χ3v) is 10.7. The van der Waals surface area contributed by atoms with Crippen LogP contribution < -0.4 is 4.90 Å². The lowest BCUT2D eigenvalue weighted by Crippen LogP contribution is -2.52. The van der Waals surface area contributed by atoms with E-state index in [1.165, 1.54) is 21.7 Å². The van der Waals surface area contributed by atoms with Crippen molar-refractivity contribution in [1.82, 2.24) is 24.1 Å². The number of hydrogen-bond acceptors (Lipinski definition) is 7. The first-order chi connectivity index (χ1) is 19.1. The maximum Gasteiger partial charge on any atom is 0.272 e. The minimum Gasteiger partial charge on any atom is -0.356 e. The van der Waals surface area contributed by atoms with E-state index in [9.17, 15) is 13.2 Å². The molecule has 0 spiro atoms. The average molecular weight is 569 g/mol. The van der Waals surface area contributed by atoms with Gasteiger partial charge in [0, 0.05) is 50.9 Å². The quantitative estimate of drug-likeness (QED) is 0.527. The van der Waals surface area contributed by atoms with E-state index in [0.717, 1.165) is 76.1 Å². The van der Waals surface area contributed by atoms with Gasteiger partial charge in [0.15, 0.2) is 0 Å². The van der Waals surface area contributed by atoms with Gasteiger partial charge in [0.1, 0.15) is 17.8 Å². The normalized spacial score (nSPS) is 20.8. The van der Waals surface area contributed by atoms with Crippen molar-refractivity contribution in [3.8, 4) is 0 Å². The SMILES string of the molecule is Cc1cccc(C2CCN(c3ncnc(C(=O)N4CCC(N5CCC(N(C)S(C)(=O)=O)CC5)CC4)c3C)CC2)c1. The number of benzene rings is 1. The van der Waals surface area contributed by atoms with Crippen LogP contribution in [0.3, 0.4) is 0 Å². The van der Waals surface area contributed by atoms with Crippen LogP contribution in [0.5, 0.6) is 0 Å². The molecule has 0 saturated carbocycles. The van der Waals surface area contributed by atoms with Gasteiger partial charge in [-0.2, -0.15) is 0 Å². The topological polar surface area (TPSA) is 90.0 Å². The summed E-state index contributed by atoms with van der Waals surface area (Å²) in [5.41, 5.74) is 4.12. The van der Waals surface area contributed by atoms with Crippen LogP contribution in [0.1, 0.15) is 71.6 Å². The summed E-state index contributed by atoms with van der Waals surface area (Å²) in [7, 11) is -1.47. The number of carbonyl (C=O) groups is 1. The summed E-state index contributed by atoms with van der Waals surface area (Å²) in [6.07, 6.45) is 8.55. The molecule has 4 heterocycles. The molecule has 0 unspecified atom stereocenters. The standard InChI is InChI=1S/C30H44N6O3S/c1-22-6-5-7-25(20-22)24-8-14-35(15-9-24)29-23(2)28(31-21-32-29)30(37)36-18-12-27(13-19-36)34-16-10-26(11-17-34)33(3)40(4,38)39/h5-7,20-21,24,26-27H,8-19H2,1-4H3. The first-order valence-corrected chi connectivity index (χ1v) is 16.6. The molecule has 0 bridgehead atoms. The van der Waals surface area contributed by atoms with Gasteiger partial charge in [-0.25, -0.2) is 22.7 Å². The summed E-state index contributed by atoms with van der Waals surface area (Å²) in [6.45, 7) is 9.21. The Hall–Kier alpha value is -2.56. The number of aryl methyl sites for hydroxylation is 1. The van der Waals surface area contributed by atoms with E-state index in [0.29, 0.717) is 30.7 Å². The number of likely N-dealkylation sites (tertiary alicyclic amines) is 2. The van der Waals surface area contributed by atoms with E-state index >= 15 is 0 Å². The van der Waals surface area contributed by atoms with Crippen LogP contribution in [-0.4, -0.2) is 103 Å². The third kappa shape index (κ3) is 6.34. The third-order valence-electron chi connectivity index (χ3n) is 9.37.